The second kappa shape index (κ2) is 2.34. The van der Waals surface area contributed by atoms with E-state index in [1.165, 1.54) is 6.20 Å². The van der Waals surface area contributed by atoms with Crippen LogP contribution in [-0.4, -0.2) is 15.1 Å². The molecule has 0 saturated carbocycles. The van der Waals surface area contributed by atoms with Crippen LogP contribution in [0.25, 0.3) is 11.0 Å². The normalized spacial score (nSPS) is 10.3. The summed E-state index contributed by atoms with van der Waals surface area (Å²) in [6.45, 7) is 0. The van der Waals surface area contributed by atoms with E-state index in [1.807, 2.05) is 0 Å². The zero-order valence-corrected chi connectivity index (χ0v) is 6.23. The second-order valence-electron chi connectivity index (χ2n) is 2.43. The summed E-state index contributed by atoms with van der Waals surface area (Å²) < 4.78 is 0. The third kappa shape index (κ3) is 0.852. The van der Waals surface area contributed by atoms with Crippen molar-refractivity contribution in [2.75, 3.05) is 5.73 Å². The first-order valence-corrected chi connectivity index (χ1v) is 3.47. The van der Waals surface area contributed by atoms with Crippen LogP contribution in [0.15, 0.2) is 24.5 Å². The number of phenolic OH excluding ortho intramolecular Hbond substituents is 1. The summed E-state index contributed by atoms with van der Waals surface area (Å²) in [4.78, 5) is 7.95. The molecule has 0 bridgehead atoms. The zero-order chi connectivity index (χ0) is 8.55. The number of aromatic hydroxyl groups is 1. The van der Waals surface area contributed by atoms with Crippen molar-refractivity contribution in [3.63, 3.8) is 0 Å². The molecule has 1 heterocycles. The highest BCUT2D eigenvalue weighted by Crippen LogP contribution is 2.26. The van der Waals surface area contributed by atoms with Crippen LogP contribution in [0, 0.1) is 0 Å². The molecule has 0 fully saturated rings. The fourth-order valence-corrected chi connectivity index (χ4v) is 1.04. The lowest BCUT2D eigenvalue weighted by Gasteiger charge is -2.00. The fraction of sp³-hybridized carbons (Fsp3) is 0. The van der Waals surface area contributed by atoms with Gasteiger partial charge in [-0.3, -0.25) is 4.98 Å². The minimum Gasteiger partial charge on any atom is -0.504 e. The van der Waals surface area contributed by atoms with Gasteiger partial charge in [0.05, 0.1) is 11.2 Å². The molecule has 60 valence electrons. The van der Waals surface area contributed by atoms with E-state index in [-0.39, 0.29) is 5.75 Å². The predicted octanol–water partition coefficient (Wildman–Crippen LogP) is 0.918. The highest BCUT2D eigenvalue weighted by Gasteiger charge is 2.03. The summed E-state index contributed by atoms with van der Waals surface area (Å²) in [5, 5.41) is 9.43. The monoisotopic (exact) mass is 161 g/mol. The van der Waals surface area contributed by atoms with Crippen molar-refractivity contribution >= 4 is 16.7 Å². The molecule has 0 atom stereocenters. The van der Waals surface area contributed by atoms with Gasteiger partial charge in [-0.15, -0.1) is 0 Å². The van der Waals surface area contributed by atoms with E-state index >= 15 is 0 Å². The van der Waals surface area contributed by atoms with Gasteiger partial charge in [-0.25, -0.2) is 4.98 Å². The summed E-state index contributed by atoms with van der Waals surface area (Å²) in [6.07, 6.45) is 3.08. The number of hydrogen-bond acceptors (Lipinski definition) is 4. The standard InChI is InChI=1S/C8H7N3O/c9-5-1-2-6-7(8(5)12)11-4-3-10-6/h1-4,12H,9H2. The molecule has 2 rings (SSSR count). The minimum atomic E-state index is 0.000556. The van der Waals surface area contributed by atoms with E-state index in [2.05, 4.69) is 9.97 Å². The van der Waals surface area contributed by atoms with E-state index in [0.29, 0.717) is 16.7 Å². The lowest BCUT2D eigenvalue weighted by Crippen LogP contribution is -1.88. The molecule has 2 aromatic rings. The van der Waals surface area contributed by atoms with Crippen molar-refractivity contribution in [2.24, 2.45) is 0 Å². The molecular weight excluding hydrogens is 154 g/mol. The van der Waals surface area contributed by atoms with Gasteiger partial charge in [0.25, 0.3) is 0 Å². The number of phenols is 1. The number of anilines is 1. The number of rotatable bonds is 0. The minimum absolute atomic E-state index is 0.000556. The number of fused-ring (bicyclic) bond motifs is 1. The average molecular weight is 161 g/mol. The Kier molecular flexibility index (Phi) is 1.33. The van der Waals surface area contributed by atoms with Gasteiger partial charge in [0, 0.05) is 12.4 Å². The first-order chi connectivity index (χ1) is 5.79. The number of nitrogen functional groups attached to an aromatic ring is 1. The Morgan fingerprint density at radius 3 is 2.75 bits per heavy atom. The Balaban J connectivity index is 2.91. The molecule has 12 heavy (non-hydrogen) atoms. The summed E-state index contributed by atoms with van der Waals surface area (Å²) in [5.74, 6) is 0.000556. The van der Waals surface area contributed by atoms with Crippen LogP contribution in [0.5, 0.6) is 5.75 Å². The van der Waals surface area contributed by atoms with Crippen molar-refractivity contribution < 1.29 is 5.11 Å². The fourth-order valence-electron chi connectivity index (χ4n) is 1.04. The second-order valence-corrected chi connectivity index (χ2v) is 2.43. The van der Waals surface area contributed by atoms with Gasteiger partial charge in [0.2, 0.25) is 0 Å². The number of aromatic nitrogens is 2. The zero-order valence-electron chi connectivity index (χ0n) is 6.23. The maximum atomic E-state index is 9.43. The van der Waals surface area contributed by atoms with Crippen LogP contribution in [0.4, 0.5) is 5.69 Å². The van der Waals surface area contributed by atoms with Gasteiger partial charge in [-0.1, -0.05) is 0 Å². The van der Waals surface area contributed by atoms with Crippen molar-refractivity contribution in [3.05, 3.63) is 24.5 Å². The molecular formula is C8H7N3O. The largest absolute Gasteiger partial charge is 0.504 e. The molecule has 0 amide bonds. The van der Waals surface area contributed by atoms with Crippen LogP contribution in [0.2, 0.25) is 0 Å². The number of benzene rings is 1. The quantitative estimate of drug-likeness (QED) is 0.445. The summed E-state index contributed by atoms with van der Waals surface area (Å²) in [5.41, 5.74) is 6.88. The van der Waals surface area contributed by atoms with Crippen molar-refractivity contribution in [2.45, 2.75) is 0 Å². The molecule has 0 unspecified atom stereocenters. The Bertz CT molecular complexity index is 428. The van der Waals surface area contributed by atoms with Crippen LogP contribution < -0.4 is 5.73 Å². The highest BCUT2D eigenvalue weighted by atomic mass is 16.3. The molecule has 1 aromatic carbocycles. The van der Waals surface area contributed by atoms with Crippen LogP contribution in [0.3, 0.4) is 0 Å². The lowest BCUT2D eigenvalue weighted by molar-refractivity contribution is 0.483. The van der Waals surface area contributed by atoms with E-state index in [1.54, 1.807) is 18.3 Å². The summed E-state index contributed by atoms with van der Waals surface area (Å²) in [7, 11) is 0. The number of nitrogens with zero attached hydrogens (tertiary/aromatic N) is 2. The maximum absolute atomic E-state index is 9.43. The van der Waals surface area contributed by atoms with Gasteiger partial charge in [-0.05, 0) is 12.1 Å². The van der Waals surface area contributed by atoms with Crippen molar-refractivity contribution in [1.29, 1.82) is 0 Å². The number of hydrogen-bond donors (Lipinski definition) is 2. The SMILES string of the molecule is Nc1ccc2nccnc2c1O. The molecule has 0 aliphatic carbocycles. The van der Waals surface area contributed by atoms with Gasteiger partial charge in [-0.2, -0.15) is 0 Å². The molecule has 0 saturated heterocycles. The molecule has 4 nitrogen and oxygen atoms in total. The molecule has 0 aliphatic heterocycles. The van der Waals surface area contributed by atoms with Crippen molar-refractivity contribution in [3.8, 4) is 5.75 Å². The predicted molar refractivity (Wildman–Crippen MR) is 45.6 cm³/mol. The third-order valence-corrected chi connectivity index (χ3v) is 1.65. The Morgan fingerprint density at radius 1 is 1.17 bits per heavy atom. The van der Waals surface area contributed by atoms with E-state index in [4.69, 9.17) is 5.73 Å². The molecule has 0 radical (unpaired) electrons. The van der Waals surface area contributed by atoms with Gasteiger partial charge >= 0.3 is 0 Å². The Morgan fingerprint density at radius 2 is 1.92 bits per heavy atom. The topological polar surface area (TPSA) is 72.0 Å². The highest BCUT2D eigenvalue weighted by molar-refractivity contribution is 5.85. The lowest BCUT2D eigenvalue weighted by atomic mass is 10.2. The maximum Gasteiger partial charge on any atom is 0.166 e. The van der Waals surface area contributed by atoms with Crippen LogP contribution in [0.1, 0.15) is 0 Å². The average Bonchev–Trinajstić information content (AvgIpc) is 2.12. The Labute approximate surface area is 68.7 Å². The van der Waals surface area contributed by atoms with Gasteiger partial charge in [0.15, 0.2) is 5.75 Å². The van der Waals surface area contributed by atoms with Gasteiger partial charge in [0.1, 0.15) is 5.52 Å². The third-order valence-electron chi connectivity index (χ3n) is 1.65. The van der Waals surface area contributed by atoms with Crippen LogP contribution >= 0.6 is 0 Å². The first-order valence-electron chi connectivity index (χ1n) is 3.47. The smallest absolute Gasteiger partial charge is 0.166 e. The van der Waals surface area contributed by atoms with Gasteiger partial charge < -0.3 is 10.8 Å². The summed E-state index contributed by atoms with van der Waals surface area (Å²) in [6, 6.07) is 3.32. The molecule has 0 aliphatic rings. The first kappa shape index (κ1) is 6.84. The number of nitrogens with two attached hydrogens (primary N) is 1. The van der Waals surface area contributed by atoms with Crippen LogP contribution in [-0.2, 0) is 0 Å². The molecule has 0 spiro atoms. The van der Waals surface area contributed by atoms with E-state index in [9.17, 15) is 5.11 Å². The summed E-state index contributed by atoms with van der Waals surface area (Å²) >= 11 is 0. The van der Waals surface area contributed by atoms with E-state index in [0.717, 1.165) is 0 Å². The van der Waals surface area contributed by atoms with Crippen molar-refractivity contribution in [1.82, 2.24) is 9.97 Å². The molecule has 3 N–H and O–H groups in total. The molecule has 4 heteroatoms. The van der Waals surface area contributed by atoms with E-state index < -0.39 is 0 Å². The molecule has 1 aromatic heterocycles. The Hall–Kier alpha value is -1.84.